The summed E-state index contributed by atoms with van der Waals surface area (Å²) in [6, 6.07) is 2.40. The van der Waals surface area contributed by atoms with Crippen molar-refractivity contribution < 1.29 is 4.79 Å². The van der Waals surface area contributed by atoms with Crippen LogP contribution in [0.25, 0.3) is 0 Å². The number of anilines is 1. The van der Waals surface area contributed by atoms with Crippen LogP contribution in [-0.2, 0) is 0 Å². The van der Waals surface area contributed by atoms with E-state index < -0.39 is 0 Å². The number of carbonyl (C=O) groups excluding carboxylic acids is 1. The van der Waals surface area contributed by atoms with Crippen LogP contribution in [0.1, 0.15) is 38.9 Å². The van der Waals surface area contributed by atoms with Gasteiger partial charge in [0, 0.05) is 37.9 Å². The highest BCUT2D eigenvalue weighted by molar-refractivity contribution is 7.13. The van der Waals surface area contributed by atoms with Crippen LogP contribution in [0, 0.1) is 20.8 Å². The van der Waals surface area contributed by atoms with Crippen molar-refractivity contribution >= 4 is 23.1 Å². The maximum atomic E-state index is 12.7. The van der Waals surface area contributed by atoms with Crippen molar-refractivity contribution in [3.8, 4) is 0 Å². The normalized spacial score (nSPS) is 15.6. The molecule has 1 aliphatic heterocycles. The summed E-state index contributed by atoms with van der Waals surface area (Å²) in [5.74, 6) is 1.07. The first-order valence-electron chi connectivity index (χ1n) is 8.20. The van der Waals surface area contributed by atoms with Crippen molar-refractivity contribution in [3.63, 3.8) is 0 Å². The number of piperidine rings is 1. The second kappa shape index (κ2) is 6.84. The van der Waals surface area contributed by atoms with E-state index >= 15 is 0 Å². The van der Waals surface area contributed by atoms with E-state index in [9.17, 15) is 4.79 Å². The SMILES string of the molecule is Cc1cc(N(C)C2CCN(C(=O)c3sc(C)nc3C)CC2)ncn1. The third-order valence-corrected chi connectivity index (χ3v) is 5.61. The van der Waals surface area contributed by atoms with Crippen molar-refractivity contribution in [2.45, 2.75) is 39.7 Å². The molecule has 7 heteroatoms. The van der Waals surface area contributed by atoms with E-state index in [1.807, 2.05) is 31.7 Å². The molecule has 0 saturated carbocycles. The largest absolute Gasteiger partial charge is 0.356 e. The molecule has 0 N–H and O–H groups in total. The van der Waals surface area contributed by atoms with Gasteiger partial charge >= 0.3 is 0 Å². The molecule has 24 heavy (non-hydrogen) atoms. The predicted molar refractivity (Wildman–Crippen MR) is 95.7 cm³/mol. The van der Waals surface area contributed by atoms with Gasteiger partial charge in [0.25, 0.3) is 5.91 Å². The number of hydrogen-bond donors (Lipinski definition) is 0. The maximum absolute atomic E-state index is 12.7. The summed E-state index contributed by atoms with van der Waals surface area (Å²) in [7, 11) is 2.07. The van der Waals surface area contributed by atoms with E-state index in [0.29, 0.717) is 6.04 Å². The van der Waals surface area contributed by atoms with Crippen LogP contribution in [0.4, 0.5) is 5.82 Å². The average Bonchev–Trinajstić information content (AvgIpc) is 2.92. The Balaban J connectivity index is 1.63. The zero-order valence-electron chi connectivity index (χ0n) is 14.6. The molecule has 3 rings (SSSR count). The van der Waals surface area contributed by atoms with Gasteiger partial charge < -0.3 is 9.80 Å². The van der Waals surface area contributed by atoms with Crippen molar-refractivity contribution in [2.75, 3.05) is 25.0 Å². The van der Waals surface area contributed by atoms with Gasteiger partial charge in [-0.3, -0.25) is 4.79 Å². The highest BCUT2D eigenvalue weighted by atomic mass is 32.1. The summed E-state index contributed by atoms with van der Waals surface area (Å²) >= 11 is 1.49. The van der Waals surface area contributed by atoms with Crippen molar-refractivity contribution in [3.05, 3.63) is 33.7 Å². The van der Waals surface area contributed by atoms with Crippen LogP contribution in [0.2, 0.25) is 0 Å². The molecule has 1 saturated heterocycles. The van der Waals surface area contributed by atoms with Gasteiger partial charge in [-0.2, -0.15) is 0 Å². The van der Waals surface area contributed by atoms with E-state index in [4.69, 9.17) is 0 Å². The van der Waals surface area contributed by atoms with Crippen LogP contribution < -0.4 is 4.90 Å². The quantitative estimate of drug-likeness (QED) is 0.856. The van der Waals surface area contributed by atoms with Gasteiger partial charge in [0.2, 0.25) is 0 Å². The fourth-order valence-electron chi connectivity index (χ4n) is 3.15. The number of rotatable bonds is 3. The van der Waals surface area contributed by atoms with Gasteiger partial charge in [-0.15, -0.1) is 11.3 Å². The number of aromatic nitrogens is 3. The molecule has 0 aliphatic carbocycles. The van der Waals surface area contributed by atoms with Gasteiger partial charge in [-0.05, 0) is 33.6 Å². The molecule has 128 valence electrons. The monoisotopic (exact) mass is 345 g/mol. The molecule has 1 amide bonds. The average molecular weight is 345 g/mol. The molecule has 0 unspecified atom stereocenters. The lowest BCUT2D eigenvalue weighted by Crippen LogP contribution is -2.45. The second-order valence-electron chi connectivity index (χ2n) is 6.30. The van der Waals surface area contributed by atoms with E-state index in [1.54, 1.807) is 6.33 Å². The van der Waals surface area contributed by atoms with Crippen molar-refractivity contribution in [1.82, 2.24) is 19.9 Å². The van der Waals surface area contributed by atoms with Crippen LogP contribution in [0.5, 0.6) is 0 Å². The van der Waals surface area contributed by atoms with E-state index in [2.05, 4.69) is 26.9 Å². The zero-order valence-corrected chi connectivity index (χ0v) is 15.4. The van der Waals surface area contributed by atoms with Crippen LogP contribution in [0.3, 0.4) is 0 Å². The van der Waals surface area contributed by atoms with Crippen LogP contribution in [-0.4, -0.2) is 51.9 Å². The van der Waals surface area contributed by atoms with E-state index in [1.165, 1.54) is 11.3 Å². The number of hydrogen-bond acceptors (Lipinski definition) is 6. The Kier molecular flexibility index (Phi) is 4.80. The lowest BCUT2D eigenvalue weighted by Gasteiger charge is -2.37. The number of nitrogens with zero attached hydrogens (tertiary/aromatic N) is 5. The highest BCUT2D eigenvalue weighted by Gasteiger charge is 2.28. The lowest BCUT2D eigenvalue weighted by molar-refractivity contribution is 0.0717. The third-order valence-electron chi connectivity index (χ3n) is 4.55. The van der Waals surface area contributed by atoms with Crippen molar-refractivity contribution in [2.24, 2.45) is 0 Å². The molecule has 0 bridgehead atoms. The van der Waals surface area contributed by atoms with E-state index in [0.717, 1.165) is 53.0 Å². The Bertz CT molecular complexity index is 736. The first-order chi connectivity index (χ1) is 11.5. The number of likely N-dealkylation sites (tertiary alicyclic amines) is 1. The smallest absolute Gasteiger partial charge is 0.265 e. The van der Waals surface area contributed by atoms with Gasteiger partial charge in [0.05, 0.1) is 10.7 Å². The topological polar surface area (TPSA) is 62.2 Å². The molecule has 6 nitrogen and oxygen atoms in total. The number of thiazole rings is 1. The standard InChI is InChI=1S/C17H23N5OS/c1-11-9-15(19-10-18-11)21(4)14-5-7-22(8-6-14)17(23)16-12(2)20-13(3)24-16/h9-10,14H,5-8H2,1-4H3. The summed E-state index contributed by atoms with van der Waals surface area (Å²) in [6.45, 7) is 7.37. The molecule has 0 spiro atoms. The van der Waals surface area contributed by atoms with Gasteiger partial charge in [0.1, 0.15) is 17.0 Å². The zero-order chi connectivity index (χ0) is 17.3. The lowest BCUT2D eigenvalue weighted by atomic mass is 10.0. The Morgan fingerprint density at radius 1 is 1.25 bits per heavy atom. The predicted octanol–water partition coefficient (Wildman–Crippen LogP) is 2.60. The Morgan fingerprint density at radius 3 is 2.54 bits per heavy atom. The molecule has 1 fully saturated rings. The fraction of sp³-hybridized carbons (Fsp3) is 0.529. The molecular weight excluding hydrogens is 322 g/mol. The summed E-state index contributed by atoms with van der Waals surface area (Å²) in [5.41, 5.74) is 1.81. The molecule has 2 aromatic rings. The Labute approximate surface area is 146 Å². The van der Waals surface area contributed by atoms with Crippen LogP contribution >= 0.6 is 11.3 Å². The molecule has 3 heterocycles. The molecular formula is C17H23N5OS. The molecule has 1 aliphatic rings. The number of carbonyl (C=O) groups is 1. The summed E-state index contributed by atoms with van der Waals surface area (Å²) < 4.78 is 0. The fourth-order valence-corrected chi connectivity index (χ4v) is 4.04. The van der Waals surface area contributed by atoms with E-state index in [-0.39, 0.29) is 5.91 Å². The number of amides is 1. The first kappa shape index (κ1) is 16.8. The Morgan fingerprint density at radius 2 is 1.96 bits per heavy atom. The summed E-state index contributed by atoms with van der Waals surface area (Å²) in [4.78, 5) is 30.5. The minimum atomic E-state index is 0.122. The third kappa shape index (κ3) is 3.40. The first-order valence-corrected chi connectivity index (χ1v) is 9.02. The molecule has 0 radical (unpaired) electrons. The van der Waals surface area contributed by atoms with Gasteiger partial charge in [-0.25, -0.2) is 15.0 Å². The van der Waals surface area contributed by atoms with Crippen molar-refractivity contribution in [1.29, 1.82) is 0 Å². The van der Waals surface area contributed by atoms with Gasteiger partial charge in [0.15, 0.2) is 0 Å². The maximum Gasteiger partial charge on any atom is 0.265 e. The van der Waals surface area contributed by atoms with Gasteiger partial charge in [-0.1, -0.05) is 0 Å². The highest BCUT2D eigenvalue weighted by Crippen LogP contribution is 2.24. The van der Waals surface area contributed by atoms with Crippen LogP contribution in [0.15, 0.2) is 12.4 Å². The second-order valence-corrected chi connectivity index (χ2v) is 7.50. The molecule has 2 aromatic heterocycles. The Hall–Kier alpha value is -2.02. The number of aryl methyl sites for hydroxylation is 3. The minimum absolute atomic E-state index is 0.122. The molecule has 0 aromatic carbocycles. The summed E-state index contributed by atoms with van der Waals surface area (Å²) in [6.07, 6.45) is 3.50. The molecule has 0 atom stereocenters. The summed E-state index contributed by atoms with van der Waals surface area (Å²) in [5, 5.41) is 0.949. The minimum Gasteiger partial charge on any atom is -0.356 e.